The quantitative estimate of drug-likeness (QED) is 0.0610. The first-order chi connectivity index (χ1) is 64.0. The fraction of sp³-hybridized carbons (Fsp3) is 0.0427. The maximum atomic E-state index is 4.63. The van der Waals surface area contributed by atoms with Crippen LogP contribution in [0.1, 0.15) is 26.3 Å². The Morgan fingerprint density at radius 1 is 0.336 bits per heavy atom. The first kappa shape index (κ1) is 86.1. The van der Waals surface area contributed by atoms with Crippen LogP contribution in [0, 0.1) is 12.7 Å². The Balaban J connectivity index is 0.000000121. The van der Waals surface area contributed by atoms with Crippen molar-refractivity contribution in [1.82, 2.24) is 28.9 Å². The van der Waals surface area contributed by atoms with Crippen molar-refractivity contribution < 1.29 is 20.1 Å². The number of hydrogen-bond donors (Lipinski definition) is 0. The number of nitrogens with zero attached hydrogens (tertiary/aromatic N) is 11. The zero-order valence-electron chi connectivity index (χ0n) is 72.9. The van der Waals surface area contributed by atoms with Crippen LogP contribution in [0.2, 0.25) is 0 Å². The van der Waals surface area contributed by atoms with Crippen LogP contribution in [0.15, 0.2) is 472 Å². The van der Waals surface area contributed by atoms with Gasteiger partial charge < -0.3 is 33.4 Å². The van der Waals surface area contributed by atoms with Gasteiger partial charge in [-0.15, -0.1) is 15.9 Å². The van der Waals surface area contributed by atoms with Gasteiger partial charge in [0.15, 0.2) is 11.6 Å². The molecule has 633 valence electrons. The molecule has 0 spiro atoms. The molecule has 0 aliphatic carbocycles. The van der Waals surface area contributed by atoms with E-state index in [1.807, 2.05) is 79.4 Å². The summed E-state index contributed by atoms with van der Waals surface area (Å²) in [6.45, 7) is 8.70. The van der Waals surface area contributed by atoms with Crippen LogP contribution >= 0.6 is 9.03 Å². The molecule has 3 radical (unpaired) electrons. The monoisotopic (exact) mass is 1880 g/mol. The van der Waals surface area contributed by atoms with Gasteiger partial charge in [0.2, 0.25) is 0 Å². The zero-order chi connectivity index (χ0) is 88.3. The molecule has 0 N–H and O–H groups in total. The van der Waals surface area contributed by atoms with E-state index in [0.29, 0.717) is 0 Å². The Morgan fingerprint density at radius 3 is 1.11 bits per heavy atom. The van der Waals surface area contributed by atoms with Crippen LogP contribution in [-0.2, 0) is 25.5 Å². The van der Waals surface area contributed by atoms with Gasteiger partial charge in [0.05, 0.1) is 33.4 Å². The van der Waals surface area contributed by atoms with Gasteiger partial charge in [0.25, 0.3) is 7.98 Å². The Morgan fingerprint density at radius 2 is 0.679 bits per heavy atom. The molecule has 11 nitrogen and oxygen atoms in total. The summed E-state index contributed by atoms with van der Waals surface area (Å²) < 4.78 is 9.70. The van der Waals surface area contributed by atoms with E-state index in [4.69, 9.17) is 0 Å². The third-order valence-corrected chi connectivity index (χ3v) is 23.7. The molecule has 0 saturated carbocycles. The Hall–Kier alpha value is -15.6. The number of hydrogen-bond acceptors (Lipinski definition) is 8. The predicted molar refractivity (Wildman–Crippen MR) is 549 cm³/mol. The normalized spacial score (nSPS) is 11.5. The van der Waals surface area contributed by atoms with Crippen LogP contribution in [0.3, 0.4) is 0 Å². The Kier molecular flexibility index (Phi) is 25.9. The molecule has 5 heterocycles. The molecule has 0 amide bonds. The van der Waals surface area contributed by atoms with Gasteiger partial charge in [-0.25, -0.2) is 4.98 Å². The number of rotatable bonds is 14. The molecular formula is C117H91BIrN11P-2. The summed E-state index contributed by atoms with van der Waals surface area (Å²) in [5.74, 6) is 2.62. The van der Waals surface area contributed by atoms with E-state index in [-0.39, 0.29) is 25.5 Å². The van der Waals surface area contributed by atoms with E-state index >= 15 is 0 Å². The van der Waals surface area contributed by atoms with Crippen LogP contribution in [0.25, 0.3) is 127 Å². The number of fused-ring (bicyclic) bond motifs is 9. The van der Waals surface area contributed by atoms with E-state index < -0.39 is 0 Å². The SMILES string of the molecule is CC(C)(C)c1ccc(-c2nnc(-c3ccc(-c4ccccc4)cc3)n2-c2ccccc2)cc1.CN1[CH-]N(c2[c-]cccc2)c2ncccc21.[B]N=P.[Ir].c1cc(-n2c3ccccc3c3ccccc32)cc(-n2c3ccccc3c3ccccc32)c1.c1ccc(N(c2ccc(-c3ccc(N(c4ccccc4)c4cccc5ccccc45)cc3)cc2)c2cccc3ccccc23)cc1. The van der Waals surface area contributed by atoms with Gasteiger partial charge in [-0.2, -0.15) is 37.0 Å². The van der Waals surface area contributed by atoms with Crippen LogP contribution in [-0.4, -0.2) is 43.9 Å². The second-order valence-electron chi connectivity index (χ2n) is 32.8. The summed E-state index contributed by atoms with van der Waals surface area (Å²) in [6, 6.07) is 166. The fourth-order valence-corrected chi connectivity index (χ4v) is 17.5. The first-order valence-corrected chi connectivity index (χ1v) is 44.0. The average Bonchev–Trinajstić information content (AvgIpc) is 1.60. The van der Waals surface area contributed by atoms with Crippen molar-refractivity contribution in [3.05, 3.63) is 486 Å². The third-order valence-electron chi connectivity index (χ3n) is 23.7. The van der Waals surface area contributed by atoms with Gasteiger partial charge in [-0.1, -0.05) is 330 Å². The third kappa shape index (κ3) is 18.1. The number of para-hydroxylation sites is 8. The standard InChI is InChI=1S/C44H32N2.C30H27N3.C30H20N2.C13H11N3.BHNP.Ir/c1-3-17-37(18-4-1)45(43-23-11-15-35-13-7-9-21-41(35)43)39-29-25-33(26-30-39)34-27-31-40(32-28-34)46(38-19-5-2-6-20-38)44-24-12-16-36-14-8-10-22-42(36)44;1-30(2,3)26-20-18-25(19-21-26)29-32-31-28(33(29)27-12-8-5-9-13-27)24-16-14-23(15-17-24)22-10-6-4-7-11-22;1-5-16-27-23(12-1)24-13-2-6-17-28(24)31(27)21-10-9-11-22(20-21)32-29-18-7-3-14-25(29)26-15-4-8-19-30(26)32;1-15-10-16(11-6-3-2-4-7-11)13-12(15)8-5-9-14-13;1-2-3;/h1-32H;4-21H,1-3H3;1-20H;2-6,8-10H,1H3;3H;/q;;;-2;;. The van der Waals surface area contributed by atoms with Gasteiger partial charge in [-0.05, 0) is 187 Å². The Bertz CT molecular complexity index is 7250. The summed E-state index contributed by atoms with van der Waals surface area (Å²) >= 11 is 0. The minimum absolute atomic E-state index is 0. The van der Waals surface area contributed by atoms with Gasteiger partial charge in [-0.3, -0.25) is 4.57 Å². The molecule has 0 saturated heterocycles. The number of anilines is 9. The minimum Gasteiger partial charge on any atom is -0.502 e. The van der Waals surface area contributed by atoms with E-state index in [1.54, 1.807) is 0 Å². The molecule has 22 aromatic rings. The van der Waals surface area contributed by atoms with Crippen molar-refractivity contribution in [2.45, 2.75) is 26.2 Å². The van der Waals surface area contributed by atoms with E-state index in [2.05, 4.69) is 499 Å². The fourth-order valence-electron chi connectivity index (χ4n) is 17.5. The van der Waals surface area contributed by atoms with Gasteiger partial charge >= 0.3 is 0 Å². The van der Waals surface area contributed by atoms with Crippen LogP contribution < -0.4 is 19.6 Å². The van der Waals surface area contributed by atoms with E-state index in [9.17, 15) is 0 Å². The molecule has 18 aromatic carbocycles. The smallest absolute Gasteiger partial charge is 0.265 e. The van der Waals surface area contributed by atoms with Gasteiger partial charge in [0, 0.05) is 115 Å². The molecule has 23 rings (SSSR count). The van der Waals surface area contributed by atoms with Crippen LogP contribution in [0.5, 0.6) is 0 Å². The molecule has 0 bridgehead atoms. The summed E-state index contributed by atoms with van der Waals surface area (Å²) in [5.41, 5.74) is 25.5. The molecule has 1 aliphatic heterocycles. The van der Waals surface area contributed by atoms with E-state index in [0.717, 1.165) is 79.8 Å². The van der Waals surface area contributed by atoms with Crippen molar-refractivity contribution in [3.63, 3.8) is 0 Å². The maximum absolute atomic E-state index is 4.63. The Labute approximate surface area is 781 Å². The number of benzene rings is 18. The van der Waals surface area contributed by atoms with E-state index in [1.165, 1.54) is 104 Å². The van der Waals surface area contributed by atoms with Crippen molar-refractivity contribution in [2.75, 3.05) is 26.6 Å². The second kappa shape index (κ2) is 39.3. The van der Waals surface area contributed by atoms with Crippen molar-refractivity contribution in [1.29, 1.82) is 0 Å². The summed E-state index contributed by atoms with van der Waals surface area (Å²) in [4.78, 5) is 13.2. The largest absolute Gasteiger partial charge is 0.502 e. The van der Waals surface area contributed by atoms with Crippen molar-refractivity contribution >= 4 is 133 Å². The average molecular weight is 1890 g/mol. The summed E-state index contributed by atoms with van der Waals surface area (Å²) in [6.07, 6.45) is 1.81. The van der Waals surface area contributed by atoms with Crippen LogP contribution in [0.4, 0.5) is 51.3 Å². The minimum atomic E-state index is 0. The molecule has 4 aromatic heterocycles. The molecule has 131 heavy (non-hydrogen) atoms. The molecule has 1 aliphatic rings. The molecular weight excluding hydrogens is 1790 g/mol. The number of aromatic nitrogens is 6. The first-order valence-electron chi connectivity index (χ1n) is 43.6. The summed E-state index contributed by atoms with van der Waals surface area (Å²) in [7, 11) is 8.99. The zero-order valence-corrected chi connectivity index (χ0v) is 76.3. The maximum Gasteiger partial charge on any atom is 0.265 e. The molecule has 0 atom stereocenters. The van der Waals surface area contributed by atoms with Crippen molar-refractivity contribution in [3.8, 4) is 62.1 Å². The predicted octanol–water partition coefficient (Wildman–Crippen LogP) is 31.0. The van der Waals surface area contributed by atoms with Gasteiger partial charge in [0.1, 0.15) is 5.82 Å². The molecule has 0 unspecified atom stereocenters. The number of pyridine rings is 1. The van der Waals surface area contributed by atoms with Crippen molar-refractivity contribution in [2.24, 2.45) is 4.66 Å². The second-order valence-corrected chi connectivity index (χ2v) is 33.1. The molecule has 14 heteroatoms. The topological polar surface area (TPSA) is 78.8 Å². The summed E-state index contributed by atoms with van der Waals surface area (Å²) in [5, 5.41) is 19.3. The molecule has 0 fully saturated rings.